The zero-order chi connectivity index (χ0) is 12.7. The molecule has 0 spiro atoms. The minimum absolute atomic E-state index is 0.181. The molecule has 16 heavy (non-hydrogen) atoms. The Hall–Kier alpha value is -1.52. The Morgan fingerprint density at radius 3 is 2.19 bits per heavy atom. The van der Waals surface area contributed by atoms with Gasteiger partial charge in [-0.2, -0.15) is 4.98 Å². The molecule has 90 valence electrons. The number of anilines is 1. The molecule has 0 amide bonds. The van der Waals surface area contributed by atoms with E-state index >= 15 is 0 Å². The van der Waals surface area contributed by atoms with Crippen molar-refractivity contribution in [3.05, 3.63) is 15.9 Å². The highest BCUT2D eigenvalue weighted by Gasteiger charge is 2.25. The van der Waals surface area contributed by atoms with Crippen molar-refractivity contribution in [3.63, 3.8) is 0 Å². The van der Waals surface area contributed by atoms with E-state index in [4.69, 9.17) is 0 Å². The van der Waals surface area contributed by atoms with Crippen molar-refractivity contribution in [1.82, 2.24) is 9.55 Å². The summed E-state index contributed by atoms with van der Waals surface area (Å²) in [4.78, 5) is 17.8. The number of aromatic hydroxyl groups is 1. The predicted octanol–water partition coefficient (Wildman–Crippen LogP) is 0.849. The molecule has 0 aliphatic heterocycles. The van der Waals surface area contributed by atoms with Crippen LogP contribution in [0.5, 0.6) is 5.88 Å². The van der Waals surface area contributed by atoms with Gasteiger partial charge in [-0.25, -0.2) is 0 Å². The second kappa shape index (κ2) is 3.81. The Bertz CT molecular complexity index is 456. The zero-order valence-electron chi connectivity index (χ0n) is 10.7. The van der Waals surface area contributed by atoms with Crippen LogP contribution in [0.1, 0.15) is 26.3 Å². The Morgan fingerprint density at radius 1 is 1.31 bits per heavy atom. The van der Waals surface area contributed by atoms with Gasteiger partial charge in [0.05, 0.1) is 5.56 Å². The van der Waals surface area contributed by atoms with Gasteiger partial charge in [-0.1, -0.05) is 20.8 Å². The first-order chi connectivity index (χ1) is 7.16. The fourth-order valence-corrected chi connectivity index (χ4v) is 1.64. The lowest BCUT2D eigenvalue weighted by molar-refractivity contribution is 0.417. The summed E-state index contributed by atoms with van der Waals surface area (Å²) in [6.07, 6.45) is 0. The normalized spacial score (nSPS) is 11.6. The van der Waals surface area contributed by atoms with Crippen molar-refractivity contribution in [3.8, 4) is 5.88 Å². The van der Waals surface area contributed by atoms with E-state index in [0.29, 0.717) is 11.5 Å². The summed E-state index contributed by atoms with van der Waals surface area (Å²) in [7, 11) is 5.20. The molecular formula is C11H19N3O2. The Balaban J connectivity index is 3.60. The average molecular weight is 225 g/mol. The van der Waals surface area contributed by atoms with Gasteiger partial charge in [0.25, 0.3) is 5.56 Å². The molecule has 5 heteroatoms. The fraction of sp³-hybridized carbons (Fsp3) is 0.636. The third-order valence-electron chi connectivity index (χ3n) is 2.40. The first-order valence-electron chi connectivity index (χ1n) is 5.14. The maximum Gasteiger partial charge on any atom is 0.262 e. The number of hydrogen-bond donors (Lipinski definition) is 1. The molecule has 5 nitrogen and oxygen atoms in total. The quantitative estimate of drug-likeness (QED) is 0.769. The third kappa shape index (κ3) is 2.03. The van der Waals surface area contributed by atoms with Crippen LogP contribution >= 0.6 is 0 Å². The van der Waals surface area contributed by atoms with E-state index in [2.05, 4.69) is 4.98 Å². The van der Waals surface area contributed by atoms with Gasteiger partial charge in [0, 0.05) is 21.1 Å². The molecular weight excluding hydrogens is 206 g/mol. The highest BCUT2D eigenvalue weighted by atomic mass is 16.3. The molecule has 1 rings (SSSR count). The summed E-state index contributed by atoms with van der Waals surface area (Å²) in [5.41, 5.74) is -0.277. The second-order valence-electron chi connectivity index (χ2n) is 5.12. The average Bonchev–Trinajstić information content (AvgIpc) is 2.08. The van der Waals surface area contributed by atoms with E-state index in [1.54, 1.807) is 26.0 Å². The molecule has 0 unspecified atom stereocenters. The topological polar surface area (TPSA) is 58.4 Å². The number of nitrogens with zero attached hydrogens (tertiary/aromatic N) is 3. The van der Waals surface area contributed by atoms with Crippen LogP contribution in [-0.2, 0) is 12.5 Å². The molecule has 1 aromatic rings. The number of hydrogen-bond acceptors (Lipinski definition) is 4. The Labute approximate surface area is 95.4 Å². The van der Waals surface area contributed by atoms with E-state index in [0.717, 1.165) is 0 Å². The molecule has 0 aliphatic carbocycles. The van der Waals surface area contributed by atoms with Crippen molar-refractivity contribution in [2.45, 2.75) is 26.2 Å². The minimum Gasteiger partial charge on any atom is -0.493 e. The summed E-state index contributed by atoms with van der Waals surface area (Å²) < 4.78 is 1.44. The van der Waals surface area contributed by atoms with Crippen LogP contribution < -0.4 is 10.5 Å². The van der Waals surface area contributed by atoms with E-state index in [9.17, 15) is 9.90 Å². The van der Waals surface area contributed by atoms with Crippen LogP contribution in [0, 0.1) is 0 Å². The smallest absolute Gasteiger partial charge is 0.262 e. The lowest BCUT2D eigenvalue weighted by atomic mass is 9.88. The van der Waals surface area contributed by atoms with Gasteiger partial charge in [-0.15, -0.1) is 0 Å². The van der Waals surface area contributed by atoms with Gasteiger partial charge >= 0.3 is 0 Å². The maximum atomic E-state index is 12.1. The van der Waals surface area contributed by atoms with Crippen LogP contribution in [0.4, 0.5) is 5.95 Å². The van der Waals surface area contributed by atoms with Crippen LogP contribution in [-0.4, -0.2) is 28.8 Å². The van der Waals surface area contributed by atoms with Crippen LogP contribution in [0.3, 0.4) is 0 Å². The molecule has 0 aromatic carbocycles. The minimum atomic E-state index is -0.420. The fourth-order valence-electron chi connectivity index (χ4n) is 1.64. The van der Waals surface area contributed by atoms with Crippen LogP contribution in [0.25, 0.3) is 0 Å². The van der Waals surface area contributed by atoms with Crippen molar-refractivity contribution in [1.29, 1.82) is 0 Å². The molecule has 1 heterocycles. The van der Waals surface area contributed by atoms with Crippen LogP contribution in [0.15, 0.2) is 4.79 Å². The van der Waals surface area contributed by atoms with Crippen molar-refractivity contribution < 1.29 is 5.11 Å². The molecule has 1 aromatic heterocycles. The highest BCUT2D eigenvalue weighted by Crippen LogP contribution is 2.26. The molecule has 0 aliphatic rings. The number of rotatable bonds is 1. The number of aromatic nitrogens is 2. The standard InChI is InChI=1S/C11H19N3O2/c1-11(2,3)7-8(15)12-10(13(4)5)14(6)9(7)16/h15H,1-6H3. The first-order valence-corrected chi connectivity index (χ1v) is 5.14. The Morgan fingerprint density at radius 2 is 1.81 bits per heavy atom. The molecule has 1 N–H and O–H groups in total. The second-order valence-corrected chi connectivity index (χ2v) is 5.12. The van der Waals surface area contributed by atoms with Gasteiger partial charge in [0.15, 0.2) is 0 Å². The van der Waals surface area contributed by atoms with E-state index in [-0.39, 0.29) is 11.4 Å². The van der Waals surface area contributed by atoms with Crippen molar-refractivity contribution in [2.24, 2.45) is 7.05 Å². The molecule has 0 bridgehead atoms. The van der Waals surface area contributed by atoms with Crippen molar-refractivity contribution in [2.75, 3.05) is 19.0 Å². The third-order valence-corrected chi connectivity index (χ3v) is 2.40. The van der Waals surface area contributed by atoms with Crippen molar-refractivity contribution >= 4 is 5.95 Å². The van der Waals surface area contributed by atoms with Gasteiger partial charge in [-0.3, -0.25) is 9.36 Å². The van der Waals surface area contributed by atoms with E-state index in [1.807, 2.05) is 20.8 Å². The molecule has 0 fully saturated rings. The van der Waals surface area contributed by atoms with Gasteiger partial charge < -0.3 is 10.0 Å². The largest absolute Gasteiger partial charge is 0.493 e. The van der Waals surface area contributed by atoms with E-state index < -0.39 is 5.41 Å². The summed E-state index contributed by atoms with van der Waals surface area (Å²) in [6.45, 7) is 5.63. The van der Waals surface area contributed by atoms with Gasteiger partial charge in [-0.05, 0) is 5.41 Å². The van der Waals surface area contributed by atoms with Crippen LogP contribution in [0.2, 0.25) is 0 Å². The molecule has 0 radical (unpaired) electrons. The lowest BCUT2D eigenvalue weighted by Gasteiger charge is -2.22. The first kappa shape index (κ1) is 12.5. The summed E-state index contributed by atoms with van der Waals surface area (Å²) in [5.74, 6) is 0.259. The van der Waals surface area contributed by atoms with Gasteiger partial charge in [0.2, 0.25) is 11.8 Å². The monoisotopic (exact) mass is 225 g/mol. The molecule has 0 saturated carbocycles. The summed E-state index contributed by atoms with van der Waals surface area (Å²) in [5, 5.41) is 9.83. The summed E-state index contributed by atoms with van der Waals surface area (Å²) in [6, 6.07) is 0. The molecule has 0 saturated heterocycles. The SMILES string of the molecule is CN(C)c1nc(O)c(C(C)(C)C)c(=O)n1C. The van der Waals surface area contributed by atoms with Gasteiger partial charge in [0.1, 0.15) is 0 Å². The summed E-state index contributed by atoms with van der Waals surface area (Å²) >= 11 is 0. The molecule has 0 atom stereocenters. The maximum absolute atomic E-state index is 12.1. The predicted molar refractivity (Wildman–Crippen MR) is 64.2 cm³/mol. The van der Waals surface area contributed by atoms with E-state index in [1.165, 1.54) is 4.57 Å². The highest BCUT2D eigenvalue weighted by molar-refractivity contribution is 5.38. The zero-order valence-corrected chi connectivity index (χ0v) is 10.7. The Kier molecular flexibility index (Phi) is 2.99. The lowest BCUT2D eigenvalue weighted by Crippen LogP contribution is -2.33.